The first-order valence-electron chi connectivity index (χ1n) is 10.2. The van der Waals surface area contributed by atoms with Crippen molar-refractivity contribution in [3.05, 3.63) is 65.0 Å². The molecule has 8 nitrogen and oxygen atoms in total. The lowest BCUT2D eigenvalue weighted by Crippen LogP contribution is -2.21. The lowest BCUT2D eigenvalue weighted by atomic mass is 10.0. The standard InChI is InChI=1S/C24H23N5O3/c1-14-20(13-27(2)26-14)29-23-17-10-15(16-7-9-21(31-4)22(11-16)32-5)6-8-18(17)25-12-19(23)28(3)24(29)30/h6-13H,1-5H3. The molecule has 3 heterocycles. The summed E-state index contributed by atoms with van der Waals surface area (Å²) in [5.74, 6) is 1.33. The van der Waals surface area contributed by atoms with Crippen LogP contribution in [-0.2, 0) is 14.1 Å². The number of nitrogens with zero attached hydrogens (tertiary/aromatic N) is 5. The van der Waals surface area contributed by atoms with Crippen molar-refractivity contribution in [2.24, 2.45) is 14.1 Å². The van der Waals surface area contributed by atoms with Crippen LogP contribution in [0.15, 0.2) is 53.6 Å². The second kappa shape index (κ2) is 7.26. The molecular weight excluding hydrogens is 406 g/mol. The van der Waals surface area contributed by atoms with Crippen LogP contribution < -0.4 is 15.2 Å². The SMILES string of the molecule is COc1ccc(-c2ccc3ncc4c(c3c2)n(-c2cn(C)nc2C)c(=O)n4C)cc1OC. The number of rotatable bonds is 4. The van der Waals surface area contributed by atoms with Gasteiger partial charge in [0, 0.05) is 25.7 Å². The van der Waals surface area contributed by atoms with Crippen LogP contribution >= 0.6 is 0 Å². The molecule has 0 aliphatic rings. The predicted molar refractivity (Wildman–Crippen MR) is 124 cm³/mol. The van der Waals surface area contributed by atoms with Crippen LogP contribution in [-0.4, -0.2) is 38.1 Å². The van der Waals surface area contributed by atoms with Crippen molar-refractivity contribution in [1.29, 1.82) is 0 Å². The van der Waals surface area contributed by atoms with E-state index < -0.39 is 0 Å². The van der Waals surface area contributed by atoms with E-state index in [1.165, 1.54) is 0 Å². The number of imidazole rings is 1. The van der Waals surface area contributed by atoms with Crippen molar-refractivity contribution in [3.63, 3.8) is 0 Å². The molecule has 0 fully saturated rings. The lowest BCUT2D eigenvalue weighted by Gasteiger charge is -2.11. The number of aryl methyl sites for hydroxylation is 3. The van der Waals surface area contributed by atoms with Crippen molar-refractivity contribution in [2.45, 2.75) is 6.92 Å². The zero-order valence-electron chi connectivity index (χ0n) is 18.6. The van der Waals surface area contributed by atoms with E-state index >= 15 is 0 Å². The molecule has 3 aromatic heterocycles. The molecule has 0 spiro atoms. The van der Waals surface area contributed by atoms with Crippen molar-refractivity contribution >= 4 is 21.9 Å². The molecule has 0 saturated carbocycles. The fourth-order valence-corrected chi connectivity index (χ4v) is 4.22. The van der Waals surface area contributed by atoms with E-state index in [0.29, 0.717) is 11.5 Å². The average Bonchev–Trinajstić information content (AvgIpc) is 3.27. The lowest BCUT2D eigenvalue weighted by molar-refractivity contribution is 0.355. The second-order valence-corrected chi connectivity index (χ2v) is 7.74. The maximum atomic E-state index is 13.2. The molecule has 0 radical (unpaired) electrons. The highest BCUT2D eigenvalue weighted by Crippen LogP contribution is 2.34. The Balaban J connectivity index is 1.83. The van der Waals surface area contributed by atoms with Crippen LogP contribution in [0.25, 0.3) is 38.8 Å². The minimum absolute atomic E-state index is 0.137. The minimum Gasteiger partial charge on any atom is -0.493 e. The highest BCUT2D eigenvalue weighted by molar-refractivity contribution is 6.04. The number of ether oxygens (including phenoxy) is 2. The molecule has 5 rings (SSSR count). The van der Waals surface area contributed by atoms with Gasteiger partial charge in [-0.1, -0.05) is 12.1 Å². The normalized spacial score (nSPS) is 11.4. The summed E-state index contributed by atoms with van der Waals surface area (Å²) in [4.78, 5) is 17.8. The molecular formula is C24H23N5O3. The molecule has 0 aliphatic carbocycles. The Hall–Kier alpha value is -4.07. The van der Waals surface area contributed by atoms with Gasteiger partial charge < -0.3 is 9.47 Å². The summed E-state index contributed by atoms with van der Waals surface area (Å²) in [5, 5.41) is 5.32. The molecule has 0 amide bonds. The van der Waals surface area contributed by atoms with Gasteiger partial charge in [0.25, 0.3) is 0 Å². The maximum Gasteiger partial charge on any atom is 0.333 e. The van der Waals surface area contributed by atoms with E-state index in [1.54, 1.807) is 41.3 Å². The van der Waals surface area contributed by atoms with Crippen molar-refractivity contribution in [2.75, 3.05) is 14.2 Å². The third-order valence-electron chi connectivity index (χ3n) is 5.83. The summed E-state index contributed by atoms with van der Waals surface area (Å²) in [6.45, 7) is 1.90. The van der Waals surface area contributed by atoms with Crippen LogP contribution in [0.4, 0.5) is 0 Å². The van der Waals surface area contributed by atoms with Crippen LogP contribution in [0.2, 0.25) is 0 Å². The number of hydrogen-bond donors (Lipinski definition) is 0. The summed E-state index contributed by atoms with van der Waals surface area (Å²) < 4.78 is 15.9. The highest BCUT2D eigenvalue weighted by Gasteiger charge is 2.19. The monoisotopic (exact) mass is 429 g/mol. The van der Waals surface area contributed by atoms with Crippen LogP contribution in [0.5, 0.6) is 11.5 Å². The molecule has 8 heteroatoms. The largest absolute Gasteiger partial charge is 0.493 e. The first-order chi connectivity index (χ1) is 15.4. The van der Waals surface area contributed by atoms with E-state index in [0.717, 1.165) is 44.4 Å². The van der Waals surface area contributed by atoms with Gasteiger partial charge in [-0.05, 0) is 42.3 Å². The Morgan fingerprint density at radius 3 is 2.34 bits per heavy atom. The van der Waals surface area contributed by atoms with Gasteiger partial charge in [-0.15, -0.1) is 0 Å². The fraction of sp³-hybridized carbons (Fsp3) is 0.208. The Kier molecular flexibility index (Phi) is 4.51. The van der Waals surface area contributed by atoms with Gasteiger partial charge in [0.1, 0.15) is 0 Å². The smallest absolute Gasteiger partial charge is 0.333 e. The van der Waals surface area contributed by atoms with Crippen LogP contribution in [0.1, 0.15) is 5.69 Å². The number of methoxy groups -OCH3 is 2. The highest BCUT2D eigenvalue weighted by atomic mass is 16.5. The fourth-order valence-electron chi connectivity index (χ4n) is 4.22. The van der Waals surface area contributed by atoms with Gasteiger partial charge in [-0.3, -0.25) is 18.8 Å². The molecule has 0 saturated heterocycles. The van der Waals surface area contributed by atoms with Crippen molar-refractivity contribution in [1.82, 2.24) is 23.9 Å². The zero-order chi connectivity index (χ0) is 22.6. The molecule has 0 unspecified atom stereocenters. The molecule has 2 aromatic carbocycles. The second-order valence-electron chi connectivity index (χ2n) is 7.74. The molecule has 32 heavy (non-hydrogen) atoms. The van der Waals surface area contributed by atoms with E-state index in [9.17, 15) is 4.79 Å². The van der Waals surface area contributed by atoms with E-state index in [2.05, 4.69) is 16.1 Å². The Labute approximate surface area is 184 Å². The number of benzene rings is 2. The molecule has 162 valence electrons. The summed E-state index contributed by atoms with van der Waals surface area (Å²) in [5.41, 5.74) is 5.73. The first-order valence-corrected chi connectivity index (χ1v) is 10.2. The van der Waals surface area contributed by atoms with Gasteiger partial charge >= 0.3 is 5.69 Å². The van der Waals surface area contributed by atoms with E-state index in [4.69, 9.17) is 9.47 Å². The first kappa shape index (κ1) is 19.9. The van der Waals surface area contributed by atoms with Crippen LogP contribution in [0, 0.1) is 6.92 Å². The Morgan fingerprint density at radius 1 is 0.938 bits per heavy atom. The van der Waals surface area contributed by atoms with Crippen molar-refractivity contribution in [3.8, 4) is 28.3 Å². The summed E-state index contributed by atoms with van der Waals surface area (Å²) in [7, 11) is 6.85. The Bertz CT molecular complexity index is 1560. The number of pyridine rings is 1. The van der Waals surface area contributed by atoms with Gasteiger partial charge in [0.05, 0.1) is 48.3 Å². The van der Waals surface area contributed by atoms with E-state index in [-0.39, 0.29) is 5.69 Å². The molecule has 0 N–H and O–H groups in total. The molecule has 5 aromatic rings. The predicted octanol–water partition coefficient (Wildman–Crippen LogP) is 3.60. The zero-order valence-corrected chi connectivity index (χ0v) is 18.6. The van der Waals surface area contributed by atoms with Crippen LogP contribution in [0.3, 0.4) is 0 Å². The van der Waals surface area contributed by atoms with E-state index in [1.807, 2.05) is 50.5 Å². The molecule has 0 atom stereocenters. The van der Waals surface area contributed by atoms with Gasteiger partial charge in [-0.25, -0.2) is 4.79 Å². The summed E-state index contributed by atoms with van der Waals surface area (Å²) in [6.07, 6.45) is 3.61. The Morgan fingerprint density at radius 2 is 1.66 bits per heavy atom. The third kappa shape index (κ3) is 2.87. The summed E-state index contributed by atoms with van der Waals surface area (Å²) in [6, 6.07) is 11.9. The number of fused-ring (bicyclic) bond motifs is 3. The third-order valence-corrected chi connectivity index (χ3v) is 5.83. The van der Waals surface area contributed by atoms with Gasteiger partial charge in [0.2, 0.25) is 0 Å². The topological polar surface area (TPSA) is 76.1 Å². The van der Waals surface area contributed by atoms with Gasteiger partial charge in [0.15, 0.2) is 11.5 Å². The minimum atomic E-state index is -0.137. The number of hydrogen-bond acceptors (Lipinski definition) is 5. The molecule has 0 aliphatic heterocycles. The van der Waals surface area contributed by atoms with Crippen molar-refractivity contribution < 1.29 is 9.47 Å². The number of aromatic nitrogens is 5. The average molecular weight is 429 g/mol. The van der Waals surface area contributed by atoms with Gasteiger partial charge in [-0.2, -0.15) is 5.10 Å². The molecule has 0 bridgehead atoms. The quantitative estimate of drug-likeness (QED) is 0.436. The summed E-state index contributed by atoms with van der Waals surface area (Å²) >= 11 is 0. The maximum absolute atomic E-state index is 13.2.